The van der Waals surface area contributed by atoms with Crippen molar-refractivity contribution in [2.45, 2.75) is 31.2 Å². The Kier molecular flexibility index (Phi) is 9.95. The summed E-state index contributed by atoms with van der Waals surface area (Å²) in [5.41, 5.74) is 9.40. The van der Waals surface area contributed by atoms with Crippen molar-refractivity contribution in [1.29, 1.82) is 5.41 Å². The molecule has 5 N–H and O–H groups in total. The van der Waals surface area contributed by atoms with Gasteiger partial charge < -0.3 is 21.1 Å². The first-order chi connectivity index (χ1) is 22.6. The molecule has 13 heteroatoms. The number of hydrogen-bond donors (Lipinski definition) is 4. The predicted octanol–water partition coefficient (Wildman–Crippen LogP) is 3.11. The van der Waals surface area contributed by atoms with Gasteiger partial charge in [-0.05, 0) is 60.7 Å². The highest BCUT2D eigenvalue weighted by molar-refractivity contribution is 7.89. The highest BCUT2D eigenvalue weighted by atomic mass is 32.2. The molecule has 1 aromatic heterocycles. The van der Waals surface area contributed by atoms with Gasteiger partial charge in [0.05, 0.1) is 12.1 Å². The molecule has 1 heterocycles. The van der Waals surface area contributed by atoms with Gasteiger partial charge in [0, 0.05) is 35.0 Å². The van der Waals surface area contributed by atoms with E-state index in [9.17, 15) is 22.8 Å². The van der Waals surface area contributed by atoms with Crippen LogP contribution in [0.1, 0.15) is 46.0 Å². The van der Waals surface area contributed by atoms with Crippen molar-refractivity contribution < 1.29 is 27.5 Å². The zero-order chi connectivity index (χ0) is 33.6. The smallest absolute Gasteiger partial charge is 0.325 e. The van der Waals surface area contributed by atoms with Crippen LogP contribution in [0, 0.1) is 5.41 Å². The van der Waals surface area contributed by atoms with E-state index in [0.29, 0.717) is 34.2 Å². The monoisotopic (exact) mass is 654 g/mol. The molecule has 1 aliphatic carbocycles. The Morgan fingerprint density at radius 2 is 1.72 bits per heavy atom. The minimum absolute atomic E-state index is 0.0404. The number of nitrogens with zero attached hydrogens (tertiary/aromatic N) is 2. The topological polar surface area (TPSA) is 185 Å². The fraction of sp³-hybridized carbons (Fsp3) is 0.206. The van der Waals surface area contributed by atoms with Crippen molar-refractivity contribution in [3.8, 4) is 0 Å². The van der Waals surface area contributed by atoms with Crippen LogP contribution >= 0.6 is 0 Å². The van der Waals surface area contributed by atoms with E-state index in [-0.39, 0.29) is 41.7 Å². The summed E-state index contributed by atoms with van der Waals surface area (Å²) in [5, 5.41) is 13.5. The second kappa shape index (κ2) is 14.3. The average Bonchev–Trinajstić information content (AvgIpc) is 3.08. The van der Waals surface area contributed by atoms with E-state index in [4.69, 9.17) is 15.9 Å². The van der Waals surface area contributed by atoms with Crippen molar-refractivity contribution >= 4 is 50.6 Å². The normalized spacial score (nSPS) is 12.4. The van der Waals surface area contributed by atoms with E-state index in [0.717, 1.165) is 15.4 Å². The molecule has 47 heavy (non-hydrogen) atoms. The zero-order valence-electron chi connectivity index (χ0n) is 25.7. The number of amides is 2. The molecule has 0 fully saturated rings. The number of carbonyl (C=O) groups excluding carboxylic acids is 3. The first-order valence-corrected chi connectivity index (χ1v) is 16.3. The number of rotatable bonds is 12. The van der Waals surface area contributed by atoms with Gasteiger partial charge in [-0.25, -0.2) is 8.42 Å². The van der Waals surface area contributed by atoms with E-state index in [1.54, 1.807) is 79.7 Å². The Morgan fingerprint density at radius 1 is 0.979 bits per heavy atom. The first kappa shape index (κ1) is 32.8. The number of carbonyl (C=O) groups is 3. The van der Waals surface area contributed by atoms with Crippen LogP contribution in [0.3, 0.4) is 0 Å². The Hall–Kier alpha value is -5.56. The summed E-state index contributed by atoms with van der Waals surface area (Å²) in [6.45, 7) is 1.05. The van der Waals surface area contributed by atoms with Crippen LogP contribution in [0.15, 0.2) is 89.6 Å². The number of nitrogens with one attached hydrogen (secondary N) is 3. The molecule has 0 aliphatic heterocycles. The highest BCUT2D eigenvalue weighted by Crippen LogP contribution is 2.33. The first-order valence-electron chi connectivity index (χ1n) is 14.9. The Morgan fingerprint density at radius 3 is 2.47 bits per heavy atom. The predicted molar refractivity (Wildman–Crippen MR) is 177 cm³/mol. The number of aromatic nitrogens is 1. The lowest BCUT2D eigenvalue weighted by molar-refractivity contribution is -0.143. The molecular weight excluding hydrogens is 620 g/mol. The maximum atomic E-state index is 14.3. The van der Waals surface area contributed by atoms with E-state index >= 15 is 0 Å². The summed E-state index contributed by atoms with van der Waals surface area (Å²) in [7, 11) is -4.32. The van der Waals surface area contributed by atoms with Crippen LogP contribution in [0.5, 0.6) is 0 Å². The number of nitrogens with two attached hydrogens (primary N) is 1. The lowest BCUT2D eigenvalue weighted by Gasteiger charge is -2.30. The van der Waals surface area contributed by atoms with Gasteiger partial charge in [-0.2, -0.15) is 0 Å². The third-order valence-corrected chi connectivity index (χ3v) is 9.46. The molecule has 12 nitrogen and oxygen atoms in total. The van der Waals surface area contributed by atoms with Crippen LogP contribution in [-0.4, -0.2) is 61.0 Å². The van der Waals surface area contributed by atoms with Crippen molar-refractivity contribution in [3.63, 3.8) is 0 Å². The quantitative estimate of drug-likeness (QED) is 0.102. The molecule has 4 aromatic rings. The summed E-state index contributed by atoms with van der Waals surface area (Å²) in [5.74, 6) is -1.66. The number of sulfonamides is 1. The minimum Gasteiger partial charge on any atom is -0.465 e. The second-order valence-electron chi connectivity index (χ2n) is 10.7. The maximum absolute atomic E-state index is 14.3. The van der Waals surface area contributed by atoms with Crippen molar-refractivity contribution in [3.05, 3.63) is 113 Å². The molecule has 0 saturated heterocycles. The van der Waals surface area contributed by atoms with Crippen molar-refractivity contribution in [1.82, 2.24) is 19.9 Å². The summed E-state index contributed by atoms with van der Waals surface area (Å²) in [6, 6.07) is 20.5. The molecular formula is C34H34N6O6S. The van der Waals surface area contributed by atoms with Crippen LogP contribution in [0.25, 0.3) is 17.0 Å². The lowest BCUT2D eigenvalue weighted by atomic mass is 9.90. The van der Waals surface area contributed by atoms with Crippen LogP contribution in [-0.2, 0) is 37.3 Å². The Labute approximate surface area is 272 Å². The van der Waals surface area contributed by atoms with Crippen LogP contribution < -0.4 is 16.4 Å². The molecule has 0 unspecified atom stereocenters. The number of hydrogen-bond acceptors (Lipinski definition) is 8. The van der Waals surface area contributed by atoms with Gasteiger partial charge in [0.15, 0.2) is 0 Å². The number of esters is 1. The number of ether oxygens (including phenoxy) is 1. The highest BCUT2D eigenvalue weighted by Gasteiger charge is 2.32. The van der Waals surface area contributed by atoms with E-state index in [1.165, 1.54) is 12.3 Å². The number of fused-ring (bicyclic) bond motifs is 2. The van der Waals surface area contributed by atoms with Gasteiger partial charge in [0.2, 0.25) is 5.91 Å². The molecule has 0 bridgehead atoms. The Balaban J connectivity index is 1.44. The summed E-state index contributed by atoms with van der Waals surface area (Å²) >= 11 is 0. The minimum atomic E-state index is -4.32. The molecule has 2 amide bonds. The Bertz CT molecular complexity index is 1990. The molecule has 0 atom stereocenters. The zero-order valence-corrected chi connectivity index (χ0v) is 26.5. The fourth-order valence-corrected chi connectivity index (χ4v) is 6.97. The maximum Gasteiger partial charge on any atom is 0.325 e. The SMILES string of the molecule is CCOC(=O)CNC(=O)CN(C1=Cc2cccc(C(=O)NCc3ccc(C(=N)N)cc3)c2CC1)S(=O)(=O)c1cccc2cccnc12. The number of pyridine rings is 1. The average molecular weight is 655 g/mol. The molecule has 242 valence electrons. The second-order valence-corrected chi connectivity index (χ2v) is 12.6. The van der Waals surface area contributed by atoms with Crippen LogP contribution in [0.2, 0.25) is 0 Å². The van der Waals surface area contributed by atoms with Gasteiger partial charge >= 0.3 is 5.97 Å². The summed E-state index contributed by atoms with van der Waals surface area (Å²) < 4.78 is 34.5. The fourth-order valence-electron chi connectivity index (χ4n) is 5.33. The molecule has 0 saturated carbocycles. The number of benzene rings is 3. The number of para-hydroxylation sites is 1. The van der Waals surface area contributed by atoms with E-state index in [1.807, 2.05) is 0 Å². The lowest BCUT2D eigenvalue weighted by Crippen LogP contribution is -2.42. The third kappa shape index (κ3) is 7.47. The van der Waals surface area contributed by atoms with E-state index < -0.39 is 35.0 Å². The van der Waals surface area contributed by atoms with Gasteiger partial charge in [-0.1, -0.05) is 54.6 Å². The van der Waals surface area contributed by atoms with Gasteiger partial charge in [0.25, 0.3) is 15.9 Å². The molecule has 0 radical (unpaired) electrons. The number of nitrogen functional groups attached to an aromatic ring is 1. The van der Waals surface area contributed by atoms with Gasteiger partial charge in [-0.15, -0.1) is 0 Å². The summed E-state index contributed by atoms with van der Waals surface area (Å²) in [6.07, 6.45) is 3.72. The third-order valence-electron chi connectivity index (χ3n) is 7.63. The molecule has 1 aliphatic rings. The van der Waals surface area contributed by atoms with Crippen molar-refractivity contribution in [2.75, 3.05) is 19.7 Å². The van der Waals surface area contributed by atoms with Gasteiger partial charge in [-0.3, -0.25) is 29.1 Å². The number of allylic oxidation sites excluding steroid dienone is 1. The molecule has 0 spiro atoms. The van der Waals surface area contributed by atoms with E-state index in [2.05, 4.69) is 15.6 Å². The summed E-state index contributed by atoms with van der Waals surface area (Å²) in [4.78, 5) is 42.4. The standard InChI is InChI=1S/C34H34N6O6S/c1-2-46-31(42)20-38-30(41)21-40(47(44,45)29-10-4-6-23-8-5-17-37-32(23)29)26-15-16-27-25(18-26)7-3-9-28(27)34(43)39-19-22-11-13-24(14-12-22)33(35)36/h3-14,17-18H,2,15-16,19-21H2,1H3,(H3,35,36)(H,38,41)(H,39,43). The van der Waals surface area contributed by atoms with Gasteiger partial charge in [0.1, 0.15) is 23.8 Å². The van der Waals surface area contributed by atoms with Crippen molar-refractivity contribution in [2.24, 2.45) is 5.73 Å². The van der Waals surface area contributed by atoms with Crippen LogP contribution in [0.4, 0.5) is 0 Å². The largest absolute Gasteiger partial charge is 0.465 e. The number of amidine groups is 1. The molecule has 3 aromatic carbocycles. The molecule has 5 rings (SSSR count).